The molecule has 2 aromatic rings. The van der Waals surface area contributed by atoms with Crippen molar-refractivity contribution < 1.29 is 19.7 Å². The van der Waals surface area contributed by atoms with Crippen molar-refractivity contribution in [2.75, 3.05) is 0 Å². The number of nitro groups is 1. The van der Waals surface area contributed by atoms with Crippen molar-refractivity contribution >= 4 is 5.82 Å². The Hall–Kier alpha value is -2.44. The molecule has 1 aromatic carbocycles. The predicted molar refractivity (Wildman–Crippen MR) is 50.7 cm³/mol. The molecule has 0 bridgehead atoms. The zero-order valence-corrected chi connectivity index (χ0v) is 8.32. The topological polar surface area (TPSA) is 93.3 Å². The van der Waals surface area contributed by atoms with Crippen LogP contribution in [-0.4, -0.2) is 15.3 Å². The molecular weight excluding hydrogens is 214 g/mol. The Labute approximate surface area is 89.6 Å². The van der Waals surface area contributed by atoms with E-state index in [0.29, 0.717) is 5.56 Å². The van der Waals surface area contributed by atoms with Gasteiger partial charge in [-0.1, -0.05) is 17.7 Å². The molecule has 2 rings (SSSR count). The Kier molecular flexibility index (Phi) is 2.28. The van der Waals surface area contributed by atoms with Crippen LogP contribution < -0.4 is 4.90 Å². The number of nitrogens with zero attached hydrogens (tertiary/aromatic N) is 3. The van der Waals surface area contributed by atoms with Gasteiger partial charge in [0.1, 0.15) is 4.90 Å². The van der Waals surface area contributed by atoms with E-state index in [1.54, 1.807) is 24.3 Å². The summed E-state index contributed by atoms with van der Waals surface area (Å²) >= 11 is 0. The molecule has 0 amide bonds. The molecule has 0 spiro atoms. The summed E-state index contributed by atoms with van der Waals surface area (Å²) in [7, 11) is 0. The predicted octanol–water partition coefficient (Wildman–Crippen LogP) is 1.08. The molecule has 0 saturated carbocycles. The molecule has 0 aliphatic heterocycles. The summed E-state index contributed by atoms with van der Waals surface area (Å²) in [5.74, 6) is -0.522. The molecule has 1 aromatic heterocycles. The van der Waals surface area contributed by atoms with Gasteiger partial charge in [-0.05, 0) is 28.6 Å². The molecular formula is C9H8N3O4+. The number of aromatic nitrogens is 2. The molecule has 16 heavy (non-hydrogen) atoms. The lowest BCUT2D eigenvalue weighted by molar-refractivity contribution is -1.03. The third-order valence-corrected chi connectivity index (χ3v) is 2.11. The maximum Gasteiger partial charge on any atom is 0.470 e. The van der Waals surface area contributed by atoms with Crippen LogP contribution >= 0.6 is 0 Å². The summed E-state index contributed by atoms with van der Waals surface area (Å²) < 4.78 is 4.32. The molecule has 0 radical (unpaired) electrons. The van der Waals surface area contributed by atoms with Crippen molar-refractivity contribution in [3.8, 4) is 11.3 Å². The van der Waals surface area contributed by atoms with E-state index in [2.05, 4.69) is 9.79 Å². The van der Waals surface area contributed by atoms with Gasteiger partial charge < -0.3 is 15.3 Å². The normalized spacial score (nSPS) is 10.3. The first-order valence-electron chi connectivity index (χ1n) is 4.42. The van der Waals surface area contributed by atoms with Crippen LogP contribution in [0.2, 0.25) is 0 Å². The highest BCUT2D eigenvalue weighted by atomic mass is 16.8. The summed E-state index contributed by atoms with van der Waals surface area (Å²) in [4.78, 5) is 10.2. The van der Waals surface area contributed by atoms with Gasteiger partial charge in [-0.25, -0.2) is 0 Å². The summed E-state index contributed by atoms with van der Waals surface area (Å²) in [5.41, 5.74) is 1.39. The maximum atomic E-state index is 10.6. The molecule has 0 saturated heterocycles. The van der Waals surface area contributed by atoms with Gasteiger partial charge in [0.05, 0.1) is 0 Å². The van der Waals surface area contributed by atoms with Crippen molar-refractivity contribution in [2.45, 2.75) is 6.92 Å². The first-order valence-corrected chi connectivity index (χ1v) is 4.42. The molecule has 0 unspecified atom stereocenters. The van der Waals surface area contributed by atoms with Crippen LogP contribution in [0.1, 0.15) is 5.56 Å². The van der Waals surface area contributed by atoms with E-state index in [-0.39, 0.29) is 10.6 Å². The maximum absolute atomic E-state index is 10.6. The zero-order chi connectivity index (χ0) is 11.7. The van der Waals surface area contributed by atoms with Crippen molar-refractivity contribution in [2.24, 2.45) is 0 Å². The van der Waals surface area contributed by atoms with E-state index in [0.717, 1.165) is 5.56 Å². The first kappa shape index (κ1) is 10.1. The van der Waals surface area contributed by atoms with Gasteiger partial charge in [0.2, 0.25) is 5.16 Å². The quantitative estimate of drug-likeness (QED) is 0.466. The van der Waals surface area contributed by atoms with Crippen LogP contribution in [0.15, 0.2) is 28.9 Å². The van der Waals surface area contributed by atoms with Crippen LogP contribution in [0.5, 0.6) is 0 Å². The zero-order valence-electron chi connectivity index (χ0n) is 8.32. The van der Waals surface area contributed by atoms with Gasteiger partial charge in [-0.2, -0.15) is 0 Å². The second-order valence-corrected chi connectivity index (χ2v) is 3.24. The fraction of sp³-hybridized carbons (Fsp3) is 0.111. The van der Waals surface area contributed by atoms with Crippen LogP contribution in [0, 0.1) is 17.0 Å². The monoisotopic (exact) mass is 222 g/mol. The second kappa shape index (κ2) is 3.61. The van der Waals surface area contributed by atoms with E-state index in [1.165, 1.54) is 0 Å². The highest BCUT2D eigenvalue weighted by Crippen LogP contribution is 2.24. The summed E-state index contributed by atoms with van der Waals surface area (Å²) in [5, 5.41) is 23.1. The van der Waals surface area contributed by atoms with Gasteiger partial charge in [-0.3, -0.25) is 0 Å². The van der Waals surface area contributed by atoms with Gasteiger partial charge >= 0.3 is 11.5 Å². The third kappa shape index (κ3) is 1.58. The molecule has 0 atom stereocenters. The molecule has 1 N–H and O–H groups in total. The minimum Gasteiger partial charge on any atom is -0.358 e. The van der Waals surface area contributed by atoms with Crippen molar-refractivity contribution in [1.29, 1.82) is 0 Å². The largest absolute Gasteiger partial charge is 0.470 e. The van der Waals surface area contributed by atoms with Gasteiger partial charge in [0, 0.05) is 5.56 Å². The lowest BCUT2D eigenvalue weighted by atomic mass is 10.1. The number of hydrogen-bond acceptors (Lipinski definition) is 5. The van der Waals surface area contributed by atoms with Crippen LogP contribution in [0.25, 0.3) is 11.3 Å². The fourth-order valence-electron chi connectivity index (χ4n) is 1.32. The smallest absolute Gasteiger partial charge is 0.358 e. The molecule has 82 valence electrons. The number of hydrogen-bond donors (Lipinski definition) is 1. The number of rotatable bonds is 2. The summed E-state index contributed by atoms with van der Waals surface area (Å²) in [6.07, 6.45) is 0. The molecule has 7 heteroatoms. The average molecular weight is 222 g/mol. The Bertz CT molecular complexity index is 532. The third-order valence-electron chi connectivity index (χ3n) is 2.11. The van der Waals surface area contributed by atoms with Crippen molar-refractivity contribution in [1.82, 2.24) is 5.16 Å². The number of aryl methyl sites for hydroxylation is 1. The highest BCUT2D eigenvalue weighted by molar-refractivity contribution is 5.63. The van der Waals surface area contributed by atoms with E-state index in [9.17, 15) is 15.3 Å². The minimum atomic E-state index is -0.717. The lowest BCUT2D eigenvalue weighted by Gasteiger charge is -1.95. The Balaban J connectivity index is 2.58. The van der Waals surface area contributed by atoms with Gasteiger partial charge in [0.25, 0.3) is 0 Å². The Morgan fingerprint density at radius 1 is 1.44 bits per heavy atom. The molecule has 0 fully saturated rings. The summed E-state index contributed by atoms with van der Waals surface area (Å²) in [6.45, 7) is 1.89. The summed E-state index contributed by atoms with van der Waals surface area (Å²) in [6, 6.07) is 6.82. The van der Waals surface area contributed by atoms with Crippen LogP contribution in [0.4, 0.5) is 5.82 Å². The van der Waals surface area contributed by atoms with Gasteiger partial charge in [0.15, 0.2) is 0 Å². The Morgan fingerprint density at radius 3 is 2.62 bits per heavy atom. The minimum absolute atomic E-state index is 0.0787. The van der Waals surface area contributed by atoms with Crippen molar-refractivity contribution in [3.63, 3.8) is 0 Å². The Morgan fingerprint density at radius 2 is 2.06 bits per heavy atom. The van der Waals surface area contributed by atoms with Crippen molar-refractivity contribution in [3.05, 3.63) is 39.9 Å². The lowest BCUT2D eigenvalue weighted by Crippen LogP contribution is -2.29. The fourth-order valence-corrected chi connectivity index (χ4v) is 1.32. The van der Waals surface area contributed by atoms with Gasteiger partial charge in [-0.15, -0.1) is 0 Å². The van der Waals surface area contributed by atoms with E-state index < -0.39 is 10.7 Å². The average Bonchev–Trinajstić information content (AvgIpc) is 2.62. The van der Waals surface area contributed by atoms with E-state index in [4.69, 9.17) is 0 Å². The first-order chi connectivity index (χ1) is 7.59. The molecule has 7 nitrogen and oxygen atoms in total. The standard InChI is InChI=1S/C9H8N3O4/c1-6-2-4-7(5-3-6)8-9(11(13)14)10-16-12(8)15/h2-5,15H,1H3/q+1. The van der Waals surface area contributed by atoms with E-state index in [1.807, 2.05) is 6.92 Å². The molecule has 0 aliphatic carbocycles. The molecule has 0 aliphatic rings. The van der Waals surface area contributed by atoms with Crippen LogP contribution in [-0.2, 0) is 0 Å². The SMILES string of the molecule is Cc1ccc(-c2c([N+](=O)[O-])no[n+]2O)cc1. The van der Waals surface area contributed by atoms with Crippen LogP contribution in [0.3, 0.4) is 0 Å². The highest BCUT2D eigenvalue weighted by Gasteiger charge is 2.31. The second-order valence-electron chi connectivity index (χ2n) is 3.24. The van der Waals surface area contributed by atoms with E-state index >= 15 is 0 Å². The molecule has 1 heterocycles. The number of benzene rings is 1.